The Balaban J connectivity index is 1.83. The summed E-state index contributed by atoms with van der Waals surface area (Å²) in [5, 5.41) is 5.09. The molecule has 0 radical (unpaired) electrons. The second kappa shape index (κ2) is 7.93. The molecule has 1 amide bonds. The number of fused-ring (bicyclic) bond motifs is 1. The Hall–Kier alpha value is -3.65. The van der Waals surface area contributed by atoms with E-state index in [1.807, 2.05) is 24.3 Å². The van der Waals surface area contributed by atoms with Crippen LogP contribution in [0, 0.1) is 0 Å². The number of hydrogen-bond donors (Lipinski definition) is 1. The average molecular weight is 374 g/mol. The van der Waals surface area contributed by atoms with Crippen molar-refractivity contribution >= 4 is 16.9 Å². The molecule has 0 aromatic carbocycles. The predicted octanol–water partition coefficient (Wildman–Crippen LogP) is 2.62. The van der Waals surface area contributed by atoms with Crippen molar-refractivity contribution in [2.45, 2.75) is 13.5 Å². The molecule has 8 nitrogen and oxygen atoms in total. The summed E-state index contributed by atoms with van der Waals surface area (Å²) in [5.41, 5.74) is 5.92. The zero-order valence-corrected chi connectivity index (χ0v) is 15.2. The summed E-state index contributed by atoms with van der Waals surface area (Å²) >= 11 is 0. The molecule has 0 unspecified atom stereocenters. The topological polar surface area (TPSA) is 94.8 Å². The van der Waals surface area contributed by atoms with Crippen molar-refractivity contribution in [1.29, 1.82) is 0 Å². The van der Waals surface area contributed by atoms with Gasteiger partial charge in [0.25, 0.3) is 5.91 Å². The molecule has 0 aliphatic heterocycles. The first-order valence-electron chi connectivity index (χ1n) is 8.84. The minimum atomic E-state index is -0.347. The Labute approximate surface area is 161 Å². The third-order valence-electron chi connectivity index (χ3n) is 4.18. The van der Waals surface area contributed by atoms with Crippen molar-refractivity contribution in [2.75, 3.05) is 6.61 Å². The number of nitrogens with zero attached hydrogens (tertiary/aromatic N) is 5. The molecule has 4 aromatic rings. The van der Waals surface area contributed by atoms with Crippen molar-refractivity contribution in [3.05, 3.63) is 72.4 Å². The van der Waals surface area contributed by atoms with Gasteiger partial charge in [0.05, 0.1) is 36.0 Å². The van der Waals surface area contributed by atoms with Crippen molar-refractivity contribution in [3.8, 4) is 11.3 Å². The summed E-state index contributed by atoms with van der Waals surface area (Å²) in [5.74, 6) is -0.347. The summed E-state index contributed by atoms with van der Waals surface area (Å²) in [6, 6.07) is 9.29. The summed E-state index contributed by atoms with van der Waals surface area (Å²) in [4.78, 5) is 30.8. The van der Waals surface area contributed by atoms with Crippen molar-refractivity contribution in [3.63, 3.8) is 0 Å². The number of nitrogens with one attached hydrogen (secondary N) is 1. The van der Waals surface area contributed by atoms with Gasteiger partial charge in [-0.3, -0.25) is 19.6 Å². The fourth-order valence-electron chi connectivity index (χ4n) is 2.87. The number of amides is 1. The molecule has 140 valence electrons. The maximum Gasteiger partial charge on any atom is 0.275 e. The van der Waals surface area contributed by atoms with Crippen molar-refractivity contribution in [2.24, 2.45) is 0 Å². The quantitative estimate of drug-likeness (QED) is 0.521. The van der Waals surface area contributed by atoms with Gasteiger partial charge in [-0.2, -0.15) is 5.10 Å². The number of rotatable bonds is 6. The van der Waals surface area contributed by atoms with Gasteiger partial charge in [-0.05, 0) is 36.8 Å². The molecule has 0 saturated heterocycles. The fourth-order valence-corrected chi connectivity index (χ4v) is 2.87. The van der Waals surface area contributed by atoms with Crippen LogP contribution in [0.5, 0.6) is 0 Å². The molecule has 4 rings (SSSR count). The first-order chi connectivity index (χ1) is 13.8. The van der Waals surface area contributed by atoms with Crippen LogP contribution in [0.4, 0.5) is 0 Å². The van der Waals surface area contributed by atoms with E-state index in [-0.39, 0.29) is 5.91 Å². The highest BCUT2D eigenvalue weighted by Gasteiger charge is 2.18. The van der Waals surface area contributed by atoms with Gasteiger partial charge in [-0.15, -0.1) is 0 Å². The van der Waals surface area contributed by atoms with Crippen LogP contribution in [0.25, 0.3) is 22.3 Å². The first kappa shape index (κ1) is 17.7. The molecule has 0 aliphatic carbocycles. The summed E-state index contributed by atoms with van der Waals surface area (Å²) in [7, 11) is 0. The Morgan fingerprint density at radius 3 is 2.68 bits per heavy atom. The Kier molecular flexibility index (Phi) is 5.03. The molecule has 0 fully saturated rings. The van der Waals surface area contributed by atoms with E-state index in [1.165, 1.54) is 0 Å². The Morgan fingerprint density at radius 1 is 1.14 bits per heavy atom. The van der Waals surface area contributed by atoms with E-state index in [0.717, 1.165) is 11.1 Å². The normalized spacial score (nSPS) is 10.9. The number of hydroxylamine groups is 1. The van der Waals surface area contributed by atoms with Gasteiger partial charge in [-0.1, -0.05) is 6.07 Å². The molecule has 1 N–H and O–H groups in total. The zero-order valence-electron chi connectivity index (χ0n) is 15.2. The lowest BCUT2D eigenvalue weighted by Gasteiger charge is -2.09. The highest BCUT2D eigenvalue weighted by molar-refractivity contribution is 6.06. The molecule has 0 bridgehead atoms. The van der Waals surface area contributed by atoms with Crippen LogP contribution < -0.4 is 5.48 Å². The van der Waals surface area contributed by atoms with Gasteiger partial charge < -0.3 is 0 Å². The number of hydrogen-bond acceptors (Lipinski definition) is 6. The number of aromatic nitrogens is 5. The fraction of sp³-hybridized carbons (Fsp3) is 0.150. The average Bonchev–Trinajstić information content (AvgIpc) is 3.15. The highest BCUT2D eigenvalue weighted by Crippen LogP contribution is 2.25. The van der Waals surface area contributed by atoms with Gasteiger partial charge in [-0.25, -0.2) is 15.1 Å². The Bertz CT molecular complexity index is 1100. The van der Waals surface area contributed by atoms with Gasteiger partial charge >= 0.3 is 0 Å². The summed E-state index contributed by atoms with van der Waals surface area (Å²) in [6.07, 6.45) is 8.55. The first-order valence-corrected chi connectivity index (χ1v) is 8.84. The number of carbonyl (C=O) groups is 1. The van der Waals surface area contributed by atoms with E-state index >= 15 is 0 Å². The van der Waals surface area contributed by atoms with Crippen LogP contribution in [0.1, 0.15) is 22.8 Å². The lowest BCUT2D eigenvalue weighted by atomic mass is 10.1. The van der Waals surface area contributed by atoms with Crippen LogP contribution in [0.3, 0.4) is 0 Å². The van der Waals surface area contributed by atoms with E-state index in [1.54, 1.807) is 48.7 Å². The van der Waals surface area contributed by atoms with E-state index in [2.05, 4.69) is 20.5 Å². The van der Waals surface area contributed by atoms with Gasteiger partial charge in [0.2, 0.25) is 0 Å². The van der Waals surface area contributed by atoms with E-state index in [4.69, 9.17) is 9.82 Å². The van der Waals surface area contributed by atoms with Gasteiger partial charge in [0.1, 0.15) is 0 Å². The maximum atomic E-state index is 12.6. The van der Waals surface area contributed by atoms with Gasteiger partial charge in [0, 0.05) is 30.4 Å². The molecule has 4 heterocycles. The predicted molar refractivity (Wildman–Crippen MR) is 103 cm³/mol. The lowest BCUT2D eigenvalue weighted by Crippen LogP contribution is -2.24. The third kappa shape index (κ3) is 3.58. The largest absolute Gasteiger partial charge is 0.275 e. The van der Waals surface area contributed by atoms with Crippen LogP contribution >= 0.6 is 0 Å². The minimum absolute atomic E-state index is 0.347. The molecular formula is C20H18N6O2. The van der Waals surface area contributed by atoms with Crippen LogP contribution in [0.15, 0.2) is 61.3 Å². The van der Waals surface area contributed by atoms with E-state index < -0.39 is 0 Å². The molecule has 0 aliphatic rings. The van der Waals surface area contributed by atoms with E-state index in [9.17, 15) is 4.79 Å². The van der Waals surface area contributed by atoms with Crippen LogP contribution in [-0.2, 0) is 11.4 Å². The van der Waals surface area contributed by atoms with Crippen LogP contribution in [0.2, 0.25) is 0 Å². The SMILES string of the molecule is CCONC(=O)c1cc(-c2cccnc2)nc2c1cnn2Cc1cccnc1. The van der Waals surface area contributed by atoms with Crippen molar-refractivity contribution in [1.82, 2.24) is 30.2 Å². The molecule has 8 heteroatoms. The second-order valence-electron chi connectivity index (χ2n) is 6.06. The summed E-state index contributed by atoms with van der Waals surface area (Å²) in [6.45, 7) is 2.67. The maximum absolute atomic E-state index is 12.6. The Morgan fingerprint density at radius 2 is 1.96 bits per heavy atom. The third-order valence-corrected chi connectivity index (χ3v) is 4.18. The lowest BCUT2D eigenvalue weighted by molar-refractivity contribution is 0.0366. The molecule has 0 spiro atoms. The number of pyridine rings is 3. The molecular weight excluding hydrogens is 356 g/mol. The zero-order chi connectivity index (χ0) is 19.3. The molecule has 0 atom stereocenters. The standard InChI is InChI=1S/C20H18N6O2/c1-2-28-25-20(27)16-9-18(15-6-4-8-22-11-15)24-19-17(16)12-23-26(19)13-14-5-3-7-21-10-14/h3-12H,2,13H2,1H3,(H,25,27). The van der Waals surface area contributed by atoms with Crippen molar-refractivity contribution < 1.29 is 9.63 Å². The molecule has 4 aromatic heterocycles. The molecule has 28 heavy (non-hydrogen) atoms. The van der Waals surface area contributed by atoms with Crippen LogP contribution in [-0.4, -0.2) is 37.2 Å². The van der Waals surface area contributed by atoms with Gasteiger partial charge in [0.15, 0.2) is 5.65 Å². The second-order valence-corrected chi connectivity index (χ2v) is 6.06. The summed E-state index contributed by atoms with van der Waals surface area (Å²) < 4.78 is 1.75. The molecule has 0 saturated carbocycles. The minimum Gasteiger partial charge on any atom is -0.274 e. The smallest absolute Gasteiger partial charge is 0.274 e. The monoisotopic (exact) mass is 374 g/mol. The highest BCUT2D eigenvalue weighted by atomic mass is 16.6. The van der Waals surface area contributed by atoms with E-state index in [0.29, 0.717) is 35.4 Å². The number of carbonyl (C=O) groups excluding carboxylic acids is 1.